The molecule has 1 aromatic heterocycles. The standard InChI is InChI=1S/C23H32N4O3/c1-5-24-22(25-17-23(2,3)18-8-10-19(29-4)11-9-18)27-14-12-26(13-15-27)21(28)20-7-6-16-30-20/h6-11,16H,5,12-15,17H2,1-4H3,(H,24,25). The number of ether oxygens (including phenoxy) is 1. The van der Waals surface area contributed by atoms with Gasteiger partial charge in [0.25, 0.3) is 5.91 Å². The highest BCUT2D eigenvalue weighted by atomic mass is 16.5. The van der Waals surface area contributed by atoms with E-state index >= 15 is 0 Å². The van der Waals surface area contributed by atoms with E-state index in [9.17, 15) is 4.79 Å². The SMILES string of the molecule is CCNC(=NCC(C)(C)c1ccc(OC)cc1)N1CCN(C(=O)c2ccco2)CC1. The number of hydrogen-bond acceptors (Lipinski definition) is 4. The van der Waals surface area contributed by atoms with Crippen molar-refractivity contribution in [3.05, 3.63) is 54.0 Å². The van der Waals surface area contributed by atoms with Crippen LogP contribution in [0.4, 0.5) is 0 Å². The molecule has 0 saturated carbocycles. The summed E-state index contributed by atoms with van der Waals surface area (Å²) < 4.78 is 10.5. The van der Waals surface area contributed by atoms with Crippen molar-refractivity contribution >= 4 is 11.9 Å². The number of rotatable bonds is 6. The number of aliphatic imine (C=N–C) groups is 1. The maximum atomic E-state index is 12.5. The van der Waals surface area contributed by atoms with Gasteiger partial charge in [-0.1, -0.05) is 26.0 Å². The van der Waals surface area contributed by atoms with E-state index in [-0.39, 0.29) is 11.3 Å². The number of nitrogens with one attached hydrogen (secondary N) is 1. The molecule has 30 heavy (non-hydrogen) atoms. The highest BCUT2D eigenvalue weighted by molar-refractivity contribution is 5.91. The normalized spacial score (nSPS) is 15.3. The number of carbonyl (C=O) groups excluding carboxylic acids is 1. The molecule has 1 amide bonds. The third-order valence-electron chi connectivity index (χ3n) is 5.43. The first kappa shape index (κ1) is 21.7. The Hall–Kier alpha value is -2.96. The van der Waals surface area contributed by atoms with Crippen molar-refractivity contribution in [2.45, 2.75) is 26.2 Å². The maximum absolute atomic E-state index is 12.5. The van der Waals surface area contributed by atoms with E-state index in [4.69, 9.17) is 14.1 Å². The summed E-state index contributed by atoms with van der Waals surface area (Å²) in [5, 5.41) is 3.40. The molecule has 0 atom stereocenters. The average molecular weight is 413 g/mol. The van der Waals surface area contributed by atoms with Gasteiger partial charge in [0.1, 0.15) is 5.75 Å². The quantitative estimate of drug-likeness (QED) is 0.583. The lowest BCUT2D eigenvalue weighted by atomic mass is 9.85. The van der Waals surface area contributed by atoms with Gasteiger partial charge in [0.15, 0.2) is 11.7 Å². The number of methoxy groups -OCH3 is 1. The predicted octanol–water partition coefficient (Wildman–Crippen LogP) is 2.99. The number of piperazine rings is 1. The molecule has 0 aliphatic carbocycles. The molecule has 3 rings (SSSR count). The molecule has 0 bridgehead atoms. The van der Waals surface area contributed by atoms with Gasteiger partial charge in [-0.15, -0.1) is 0 Å². The van der Waals surface area contributed by atoms with Gasteiger partial charge >= 0.3 is 0 Å². The van der Waals surface area contributed by atoms with E-state index < -0.39 is 0 Å². The van der Waals surface area contributed by atoms with Gasteiger partial charge in [-0.25, -0.2) is 0 Å². The molecule has 1 aliphatic heterocycles. The second-order valence-electron chi connectivity index (χ2n) is 8.04. The molecule has 2 aromatic rings. The Bertz CT molecular complexity index is 836. The van der Waals surface area contributed by atoms with Gasteiger partial charge in [0.05, 0.1) is 19.9 Å². The lowest BCUT2D eigenvalue weighted by molar-refractivity contribution is 0.0657. The van der Waals surface area contributed by atoms with Gasteiger partial charge in [0.2, 0.25) is 0 Å². The third kappa shape index (κ3) is 5.14. The molecule has 1 N–H and O–H groups in total. The number of nitrogens with zero attached hydrogens (tertiary/aromatic N) is 3. The highest BCUT2D eigenvalue weighted by Gasteiger charge is 2.26. The van der Waals surface area contributed by atoms with Crippen LogP contribution in [-0.4, -0.2) is 68.0 Å². The van der Waals surface area contributed by atoms with Gasteiger partial charge < -0.3 is 24.3 Å². The number of furan rings is 1. The van der Waals surface area contributed by atoms with Crippen molar-refractivity contribution in [2.75, 3.05) is 46.4 Å². The van der Waals surface area contributed by atoms with Gasteiger partial charge in [-0.05, 0) is 36.8 Å². The molecule has 1 saturated heterocycles. The minimum absolute atomic E-state index is 0.0535. The molecule has 0 radical (unpaired) electrons. The van der Waals surface area contributed by atoms with Crippen LogP contribution < -0.4 is 10.1 Å². The first-order valence-electron chi connectivity index (χ1n) is 10.4. The van der Waals surface area contributed by atoms with Crippen LogP contribution in [0.3, 0.4) is 0 Å². The molecule has 162 valence electrons. The largest absolute Gasteiger partial charge is 0.497 e. The minimum Gasteiger partial charge on any atom is -0.497 e. The number of guanidine groups is 1. The monoisotopic (exact) mass is 412 g/mol. The summed E-state index contributed by atoms with van der Waals surface area (Å²) in [6.45, 7) is 10.7. The number of benzene rings is 1. The fourth-order valence-corrected chi connectivity index (χ4v) is 3.51. The van der Waals surface area contributed by atoms with E-state index in [1.807, 2.05) is 17.0 Å². The van der Waals surface area contributed by atoms with E-state index in [0.717, 1.165) is 31.3 Å². The van der Waals surface area contributed by atoms with Crippen LogP contribution in [0.25, 0.3) is 0 Å². The minimum atomic E-state index is -0.107. The Labute approximate surface area is 178 Å². The zero-order valence-corrected chi connectivity index (χ0v) is 18.4. The zero-order valence-electron chi connectivity index (χ0n) is 18.4. The first-order valence-corrected chi connectivity index (χ1v) is 10.4. The van der Waals surface area contributed by atoms with Crippen molar-refractivity contribution < 1.29 is 13.9 Å². The van der Waals surface area contributed by atoms with E-state index in [0.29, 0.717) is 25.4 Å². The topological polar surface area (TPSA) is 70.3 Å². The Kier molecular flexibility index (Phi) is 7.03. The molecular formula is C23H32N4O3. The van der Waals surface area contributed by atoms with Gasteiger partial charge in [-0.3, -0.25) is 9.79 Å². The lowest BCUT2D eigenvalue weighted by Crippen LogP contribution is -2.54. The molecule has 1 fully saturated rings. The molecule has 0 unspecified atom stereocenters. The Balaban J connectivity index is 1.63. The second-order valence-corrected chi connectivity index (χ2v) is 8.04. The van der Waals surface area contributed by atoms with E-state index in [1.165, 1.54) is 11.8 Å². The van der Waals surface area contributed by atoms with Crippen LogP contribution in [0.1, 0.15) is 36.9 Å². The van der Waals surface area contributed by atoms with Crippen LogP contribution in [0, 0.1) is 0 Å². The smallest absolute Gasteiger partial charge is 0.289 e. The van der Waals surface area contributed by atoms with E-state index in [2.05, 4.69) is 43.1 Å². The van der Waals surface area contributed by atoms with Crippen LogP contribution in [0.2, 0.25) is 0 Å². The molecular weight excluding hydrogens is 380 g/mol. The molecule has 0 spiro atoms. The van der Waals surface area contributed by atoms with Crippen LogP contribution in [-0.2, 0) is 5.41 Å². The summed E-state index contributed by atoms with van der Waals surface area (Å²) in [5.74, 6) is 2.09. The van der Waals surface area contributed by atoms with Crippen LogP contribution in [0.5, 0.6) is 5.75 Å². The molecule has 1 aromatic carbocycles. The second kappa shape index (κ2) is 9.69. The van der Waals surface area contributed by atoms with Crippen LogP contribution in [0.15, 0.2) is 52.1 Å². The fourth-order valence-electron chi connectivity index (χ4n) is 3.51. The van der Waals surface area contributed by atoms with E-state index in [1.54, 1.807) is 19.2 Å². The average Bonchev–Trinajstić information content (AvgIpc) is 3.31. The van der Waals surface area contributed by atoms with Gasteiger partial charge in [0, 0.05) is 38.1 Å². The predicted molar refractivity (Wildman–Crippen MR) is 118 cm³/mol. The summed E-state index contributed by atoms with van der Waals surface area (Å²) in [6.07, 6.45) is 1.53. The van der Waals surface area contributed by atoms with Gasteiger partial charge in [-0.2, -0.15) is 0 Å². The Morgan fingerprint density at radius 1 is 1.13 bits per heavy atom. The number of hydrogen-bond donors (Lipinski definition) is 1. The van der Waals surface area contributed by atoms with Crippen molar-refractivity contribution in [3.8, 4) is 5.75 Å². The van der Waals surface area contributed by atoms with Crippen molar-refractivity contribution in [1.29, 1.82) is 0 Å². The summed E-state index contributed by atoms with van der Waals surface area (Å²) >= 11 is 0. The number of carbonyl (C=O) groups is 1. The van der Waals surface area contributed by atoms with Crippen LogP contribution >= 0.6 is 0 Å². The summed E-state index contributed by atoms with van der Waals surface area (Å²) in [4.78, 5) is 21.5. The highest BCUT2D eigenvalue weighted by Crippen LogP contribution is 2.25. The van der Waals surface area contributed by atoms with Crippen molar-refractivity contribution in [1.82, 2.24) is 15.1 Å². The molecule has 7 nitrogen and oxygen atoms in total. The van der Waals surface area contributed by atoms with Crippen molar-refractivity contribution in [2.24, 2.45) is 4.99 Å². The summed E-state index contributed by atoms with van der Waals surface area (Å²) in [6, 6.07) is 11.6. The zero-order chi connectivity index (χ0) is 21.6. The Morgan fingerprint density at radius 3 is 2.37 bits per heavy atom. The maximum Gasteiger partial charge on any atom is 0.289 e. The Morgan fingerprint density at radius 2 is 1.80 bits per heavy atom. The fraction of sp³-hybridized carbons (Fsp3) is 0.478. The third-order valence-corrected chi connectivity index (χ3v) is 5.43. The van der Waals surface area contributed by atoms with Crippen molar-refractivity contribution in [3.63, 3.8) is 0 Å². The summed E-state index contributed by atoms with van der Waals surface area (Å²) in [5.41, 5.74) is 1.11. The summed E-state index contributed by atoms with van der Waals surface area (Å²) in [7, 11) is 1.68. The lowest BCUT2D eigenvalue weighted by Gasteiger charge is -2.36. The molecule has 7 heteroatoms. The first-order chi connectivity index (χ1) is 14.4. The molecule has 2 heterocycles. The number of amides is 1. The molecule has 1 aliphatic rings.